The van der Waals surface area contributed by atoms with E-state index in [1.54, 1.807) is 0 Å². The summed E-state index contributed by atoms with van der Waals surface area (Å²) in [5, 5.41) is 194. The molecule has 0 unspecified atom stereocenters. The topological polar surface area (TPSA) is 513 Å². The molecule has 4 saturated heterocycles. The third kappa shape index (κ3) is 12.9. The Bertz CT molecular complexity index is 1610. The van der Waals surface area contributed by atoms with Crippen LogP contribution in [0.5, 0.6) is 0 Å². The third-order valence-electron chi connectivity index (χ3n) is 11.7. The van der Waals surface area contributed by atoms with E-state index >= 15 is 0 Å². The number of hydrogen-bond acceptors (Lipinski definition) is 28. The molecule has 0 aliphatic carbocycles. The monoisotopic (exact) mass is 1000 g/mol. The Labute approximate surface area is 385 Å². The SMILES string of the molecule is CC(=O)N[C@H]1[C@H](O[C@@H]2[C@H](O)[C@@H](O)[C@H](O[C@@H]([C@H](O)[C@@H](O)CO)[C@H](O)CO)O[C@@H]2CO)O[C@H](CO)[C@H](O)[C@@H]1O[C@@H]1O[C@H](CO)[C@H](O)[C@H](O[C@]2(C(=O)O)C[C@H](O)[C@@H](NC(C)=O)[C@H]([C@H](O)[C@H](O)CO)O2)[C@H]1O. The Morgan fingerprint density at radius 2 is 1.10 bits per heavy atom. The first-order chi connectivity index (χ1) is 31.9. The normalized spacial score (nSPS) is 41.7. The van der Waals surface area contributed by atoms with Crippen LogP contribution in [0.2, 0.25) is 0 Å². The van der Waals surface area contributed by atoms with Gasteiger partial charge in [0.15, 0.2) is 18.9 Å². The van der Waals surface area contributed by atoms with Crippen LogP contribution in [0.4, 0.5) is 0 Å². The van der Waals surface area contributed by atoms with Crippen molar-refractivity contribution >= 4 is 17.8 Å². The number of nitrogens with one attached hydrogen (secondary N) is 2. The zero-order valence-electron chi connectivity index (χ0n) is 36.3. The second-order valence-electron chi connectivity index (χ2n) is 16.6. The predicted octanol–water partition coefficient (Wildman–Crippen LogP) is -12.8. The highest BCUT2D eigenvalue weighted by Gasteiger charge is 2.61. The average molecular weight is 1000 g/mol. The van der Waals surface area contributed by atoms with Crippen molar-refractivity contribution in [1.82, 2.24) is 10.6 Å². The molecule has 4 rings (SSSR count). The van der Waals surface area contributed by atoms with E-state index in [-0.39, 0.29) is 0 Å². The fourth-order valence-electron chi connectivity index (χ4n) is 8.13. The first-order valence-electron chi connectivity index (χ1n) is 21.2. The second-order valence-corrected chi connectivity index (χ2v) is 16.6. The lowest BCUT2D eigenvalue weighted by atomic mass is 9.88. The fourth-order valence-corrected chi connectivity index (χ4v) is 8.13. The van der Waals surface area contributed by atoms with Gasteiger partial charge < -0.3 is 140 Å². The molecule has 4 heterocycles. The molecular formula is C37H64N2O29. The minimum Gasteiger partial charge on any atom is -0.477 e. The van der Waals surface area contributed by atoms with E-state index in [4.69, 9.17) is 37.9 Å². The quantitative estimate of drug-likeness (QED) is 0.0479. The van der Waals surface area contributed by atoms with Crippen LogP contribution in [-0.2, 0) is 52.3 Å². The molecule has 20 N–H and O–H groups in total. The maximum Gasteiger partial charge on any atom is 0.364 e. The number of aliphatic carboxylic acids is 1. The molecule has 31 heteroatoms. The van der Waals surface area contributed by atoms with Crippen molar-refractivity contribution in [3.8, 4) is 0 Å². The fraction of sp³-hybridized carbons (Fsp3) is 0.919. The highest BCUT2D eigenvalue weighted by molar-refractivity contribution is 5.76. The predicted molar refractivity (Wildman–Crippen MR) is 209 cm³/mol. The highest BCUT2D eigenvalue weighted by Crippen LogP contribution is 2.39. The summed E-state index contributed by atoms with van der Waals surface area (Å²) in [7, 11) is 0. The summed E-state index contributed by atoms with van der Waals surface area (Å²) in [6.45, 7) is -4.59. The van der Waals surface area contributed by atoms with Crippen LogP contribution in [0.25, 0.3) is 0 Å². The molecule has 31 nitrogen and oxygen atoms in total. The molecule has 0 aromatic heterocycles. The minimum absolute atomic E-state index is 0.820. The van der Waals surface area contributed by atoms with Gasteiger partial charge in [-0.3, -0.25) is 9.59 Å². The van der Waals surface area contributed by atoms with Gasteiger partial charge in [-0.2, -0.15) is 0 Å². The van der Waals surface area contributed by atoms with Gasteiger partial charge in [-0.15, -0.1) is 0 Å². The van der Waals surface area contributed by atoms with E-state index in [1.807, 2.05) is 0 Å². The first kappa shape index (κ1) is 58.0. The molecule has 4 fully saturated rings. The summed E-state index contributed by atoms with van der Waals surface area (Å²) in [5.74, 6) is -7.00. The van der Waals surface area contributed by atoms with Crippen LogP contribution in [0, 0.1) is 0 Å². The van der Waals surface area contributed by atoms with Crippen LogP contribution in [0.15, 0.2) is 0 Å². The molecule has 0 aromatic rings. The summed E-state index contributed by atoms with van der Waals surface area (Å²) in [4.78, 5) is 37.6. The maximum atomic E-state index is 13.0. The van der Waals surface area contributed by atoms with Crippen LogP contribution in [0.1, 0.15) is 20.3 Å². The van der Waals surface area contributed by atoms with Crippen molar-refractivity contribution in [1.29, 1.82) is 0 Å². The van der Waals surface area contributed by atoms with Gasteiger partial charge >= 0.3 is 5.97 Å². The molecule has 4 aliphatic heterocycles. The average Bonchev–Trinajstić information content (AvgIpc) is 3.30. The summed E-state index contributed by atoms with van der Waals surface area (Å²) in [6, 6.07) is -3.50. The van der Waals surface area contributed by atoms with Crippen LogP contribution < -0.4 is 10.6 Å². The Kier molecular flexibility index (Phi) is 21.5. The van der Waals surface area contributed by atoms with Gasteiger partial charge in [-0.1, -0.05) is 0 Å². The largest absolute Gasteiger partial charge is 0.477 e. The number of ether oxygens (including phenoxy) is 8. The van der Waals surface area contributed by atoms with Crippen molar-refractivity contribution < 1.29 is 144 Å². The number of hydrogen-bond donors (Lipinski definition) is 20. The molecule has 2 amide bonds. The van der Waals surface area contributed by atoms with Gasteiger partial charge in [-0.05, 0) is 0 Å². The molecule has 0 radical (unpaired) electrons. The van der Waals surface area contributed by atoms with E-state index in [1.165, 1.54) is 0 Å². The van der Waals surface area contributed by atoms with Crippen molar-refractivity contribution in [3.63, 3.8) is 0 Å². The van der Waals surface area contributed by atoms with Gasteiger partial charge in [0, 0.05) is 20.3 Å². The minimum atomic E-state index is -3.19. The van der Waals surface area contributed by atoms with Crippen molar-refractivity contribution in [2.24, 2.45) is 0 Å². The molecular weight excluding hydrogens is 936 g/mol. The zero-order valence-corrected chi connectivity index (χ0v) is 36.3. The zero-order chi connectivity index (χ0) is 51.1. The van der Waals surface area contributed by atoms with Crippen LogP contribution in [-0.4, -0.2) is 302 Å². The number of amides is 2. The highest BCUT2D eigenvalue weighted by atomic mass is 16.8. The van der Waals surface area contributed by atoms with Gasteiger partial charge in [0.05, 0.1) is 51.8 Å². The van der Waals surface area contributed by atoms with E-state index < -0.39 is 217 Å². The third-order valence-corrected chi connectivity index (χ3v) is 11.7. The summed E-state index contributed by atoms with van der Waals surface area (Å²) in [5.41, 5.74) is 0. The van der Waals surface area contributed by atoms with E-state index in [9.17, 15) is 106 Å². The van der Waals surface area contributed by atoms with Crippen molar-refractivity contribution in [3.05, 3.63) is 0 Å². The van der Waals surface area contributed by atoms with Gasteiger partial charge in [0.2, 0.25) is 11.8 Å². The number of carbonyl (C=O) groups excluding carboxylic acids is 2. The number of aliphatic hydroxyl groups excluding tert-OH is 17. The number of aliphatic hydroxyl groups is 17. The molecule has 68 heavy (non-hydrogen) atoms. The molecule has 396 valence electrons. The molecule has 0 aromatic carbocycles. The van der Waals surface area contributed by atoms with E-state index in [2.05, 4.69) is 10.6 Å². The Morgan fingerprint density at radius 3 is 1.62 bits per heavy atom. The summed E-state index contributed by atoms with van der Waals surface area (Å²) >= 11 is 0. The van der Waals surface area contributed by atoms with Crippen molar-refractivity contribution in [2.75, 3.05) is 39.6 Å². The Hall–Kier alpha value is -2.59. The van der Waals surface area contributed by atoms with Crippen LogP contribution in [0.3, 0.4) is 0 Å². The summed E-state index contributed by atoms with van der Waals surface area (Å²) < 4.78 is 45.3. The molecule has 0 spiro atoms. The lowest BCUT2D eigenvalue weighted by molar-refractivity contribution is -0.386. The van der Waals surface area contributed by atoms with Crippen molar-refractivity contribution in [2.45, 2.75) is 173 Å². The number of rotatable bonds is 22. The molecule has 4 aliphatic rings. The number of carbonyl (C=O) groups is 3. The first-order valence-corrected chi connectivity index (χ1v) is 21.2. The smallest absolute Gasteiger partial charge is 0.364 e. The second kappa shape index (κ2) is 25.2. The number of carboxylic acid groups (broad SMARTS) is 1. The molecule has 25 atom stereocenters. The Balaban J connectivity index is 1.67. The summed E-state index contributed by atoms with van der Waals surface area (Å²) in [6.07, 6.45) is -46.6. The van der Waals surface area contributed by atoms with Crippen LogP contribution >= 0.6 is 0 Å². The Morgan fingerprint density at radius 1 is 0.603 bits per heavy atom. The van der Waals surface area contributed by atoms with Gasteiger partial charge in [-0.25, -0.2) is 4.79 Å². The van der Waals surface area contributed by atoms with Gasteiger partial charge in [0.25, 0.3) is 5.79 Å². The van der Waals surface area contributed by atoms with Gasteiger partial charge in [0.1, 0.15) is 116 Å². The lowest BCUT2D eigenvalue weighted by Gasteiger charge is -2.51. The van der Waals surface area contributed by atoms with E-state index in [0.717, 1.165) is 13.8 Å². The number of carboxylic acids is 1. The molecule has 0 bridgehead atoms. The lowest BCUT2D eigenvalue weighted by Crippen LogP contribution is -2.71. The maximum absolute atomic E-state index is 13.0. The standard InChI is InChI=1S/C37H64N2O29/c1-10(46)38-19-12(48)3-37(36(59)60,67-31(19)22(53)14(50)5-41)68-32-24(55)17(8-44)62-35(27(32)58)66-30-20(39-11(2)47)33(61-16(7-43)23(30)54)65-29-18(9-45)63-34(26(57)25(29)56)64-28(15(51)6-42)21(52)13(49)4-40/h12-35,40-45,48-58H,3-9H2,1-2H3,(H,38,46)(H,39,47)(H,59,60)/t12-,13-,14+,15+,16+,17+,18+,19+,20+,21+,22+,23-,24-,25+,26+,27+,28+,29-,30+,31+,32-,33-,34-,35-,37-/m0/s1. The molecule has 0 saturated carbocycles. The van der Waals surface area contributed by atoms with E-state index in [0.29, 0.717) is 0 Å².